The minimum atomic E-state index is 0.0870. The van der Waals surface area contributed by atoms with Crippen molar-refractivity contribution in [3.63, 3.8) is 0 Å². The highest BCUT2D eigenvalue weighted by atomic mass is 15.3. The SMILES string of the molecule is CCN1CCN(c2cc(CNC)cc(C(C)(C)C)n2)CC1. The average molecular weight is 290 g/mol. The number of hydrogen-bond acceptors (Lipinski definition) is 4. The van der Waals surface area contributed by atoms with Gasteiger partial charge >= 0.3 is 0 Å². The fourth-order valence-corrected chi connectivity index (χ4v) is 2.72. The third-order valence-electron chi connectivity index (χ3n) is 4.16. The topological polar surface area (TPSA) is 31.4 Å². The number of likely N-dealkylation sites (N-methyl/N-ethyl adjacent to an activating group) is 1. The number of piperazine rings is 1. The number of pyridine rings is 1. The molecule has 2 heterocycles. The van der Waals surface area contributed by atoms with Crippen LogP contribution in [0.25, 0.3) is 0 Å². The summed E-state index contributed by atoms with van der Waals surface area (Å²) in [5.41, 5.74) is 2.59. The van der Waals surface area contributed by atoms with Crippen LogP contribution >= 0.6 is 0 Å². The van der Waals surface area contributed by atoms with Crippen molar-refractivity contribution in [2.75, 3.05) is 44.7 Å². The smallest absolute Gasteiger partial charge is 0.129 e. The Labute approximate surface area is 129 Å². The van der Waals surface area contributed by atoms with E-state index in [0.717, 1.165) is 45.1 Å². The van der Waals surface area contributed by atoms with Crippen molar-refractivity contribution in [2.24, 2.45) is 0 Å². The molecule has 21 heavy (non-hydrogen) atoms. The summed E-state index contributed by atoms with van der Waals surface area (Å²) in [6.45, 7) is 15.4. The molecule has 1 fully saturated rings. The second kappa shape index (κ2) is 6.75. The second-order valence-corrected chi connectivity index (χ2v) is 6.92. The standard InChI is InChI=1S/C17H30N4/c1-6-20-7-9-21(10-8-20)16-12-14(13-18-5)11-15(19-16)17(2,3)4/h11-12,18H,6-10,13H2,1-5H3. The minimum absolute atomic E-state index is 0.0870. The third-order valence-corrected chi connectivity index (χ3v) is 4.16. The lowest BCUT2D eigenvalue weighted by molar-refractivity contribution is 0.270. The molecule has 0 aliphatic carbocycles. The first-order valence-corrected chi connectivity index (χ1v) is 8.07. The van der Waals surface area contributed by atoms with Crippen molar-refractivity contribution < 1.29 is 0 Å². The largest absolute Gasteiger partial charge is 0.354 e. The molecule has 0 amide bonds. The molecule has 1 aliphatic heterocycles. The maximum Gasteiger partial charge on any atom is 0.129 e. The van der Waals surface area contributed by atoms with E-state index < -0.39 is 0 Å². The normalized spacial score (nSPS) is 17.3. The number of rotatable bonds is 4. The van der Waals surface area contributed by atoms with E-state index >= 15 is 0 Å². The Morgan fingerprint density at radius 3 is 2.33 bits per heavy atom. The summed E-state index contributed by atoms with van der Waals surface area (Å²) in [7, 11) is 2.00. The van der Waals surface area contributed by atoms with Crippen LogP contribution in [-0.2, 0) is 12.0 Å². The fourth-order valence-electron chi connectivity index (χ4n) is 2.72. The van der Waals surface area contributed by atoms with Gasteiger partial charge in [0.25, 0.3) is 0 Å². The molecule has 0 bridgehead atoms. The van der Waals surface area contributed by atoms with E-state index in [1.165, 1.54) is 11.3 Å². The molecule has 1 aromatic rings. The third kappa shape index (κ3) is 4.17. The monoisotopic (exact) mass is 290 g/mol. The van der Waals surface area contributed by atoms with Crippen molar-refractivity contribution in [3.8, 4) is 0 Å². The number of anilines is 1. The molecule has 0 spiro atoms. The van der Waals surface area contributed by atoms with Crippen LogP contribution in [-0.4, -0.2) is 49.7 Å². The number of nitrogens with zero attached hydrogens (tertiary/aromatic N) is 3. The summed E-state index contributed by atoms with van der Waals surface area (Å²) >= 11 is 0. The summed E-state index contributed by atoms with van der Waals surface area (Å²) in [4.78, 5) is 9.87. The van der Waals surface area contributed by atoms with E-state index in [-0.39, 0.29) is 5.41 Å². The first kappa shape index (κ1) is 16.2. The van der Waals surface area contributed by atoms with E-state index in [4.69, 9.17) is 4.98 Å². The van der Waals surface area contributed by atoms with Crippen LogP contribution in [0.2, 0.25) is 0 Å². The Balaban J connectivity index is 2.24. The quantitative estimate of drug-likeness (QED) is 0.921. The predicted octanol–water partition coefficient (Wildman–Crippen LogP) is 2.24. The molecule has 1 saturated heterocycles. The lowest BCUT2D eigenvalue weighted by Gasteiger charge is -2.35. The van der Waals surface area contributed by atoms with Crippen LogP contribution in [0.3, 0.4) is 0 Å². The summed E-state index contributed by atoms with van der Waals surface area (Å²) in [6, 6.07) is 4.48. The molecule has 0 atom stereocenters. The van der Waals surface area contributed by atoms with Gasteiger partial charge in [0.1, 0.15) is 5.82 Å². The van der Waals surface area contributed by atoms with Crippen molar-refractivity contribution in [3.05, 3.63) is 23.4 Å². The van der Waals surface area contributed by atoms with E-state index in [1.54, 1.807) is 0 Å². The van der Waals surface area contributed by atoms with Crippen molar-refractivity contribution in [2.45, 2.75) is 39.7 Å². The van der Waals surface area contributed by atoms with Crippen LogP contribution in [0.5, 0.6) is 0 Å². The van der Waals surface area contributed by atoms with Crippen molar-refractivity contribution in [1.82, 2.24) is 15.2 Å². The molecule has 0 saturated carbocycles. The minimum Gasteiger partial charge on any atom is -0.354 e. The Hall–Kier alpha value is -1.13. The van der Waals surface area contributed by atoms with Crippen LogP contribution < -0.4 is 10.2 Å². The highest BCUT2D eigenvalue weighted by Gasteiger charge is 2.21. The van der Waals surface area contributed by atoms with Crippen molar-refractivity contribution in [1.29, 1.82) is 0 Å². The van der Waals surface area contributed by atoms with Gasteiger partial charge in [-0.05, 0) is 31.3 Å². The van der Waals surface area contributed by atoms with Gasteiger partial charge in [-0.3, -0.25) is 0 Å². The van der Waals surface area contributed by atoms with Gasteiger partial charge in [-0.15, -0.1) is 0 Å². The van der Waals surface area contributed by atoms with Gasteiger partial charge in [0, 0.05) is 43.8 Å². The van der Waals surface area contributed by atoms with Gasteiger partial charge in [-0.25, -0.2) is 4.98 Å². The average Bonchev–Trinajstić information content (AvgIpc) is 2.46. The van der Waals surface area contributed by atoms with Gasteiger partial charge in [-0.2, -0.15) is 0 Å². The number of aromatic nitrogens is 1. The Bertz CT molecular complexity index is 456. The molecule has 4 heteroatoms. The maximum absolute atomic E-state index is 4.94. The zero-order valence-electron chi connectivity index (χ0n) is 14.2. The van der Waals surface area contributed by atoms with Crippen LogP contribution in [0, 0.1) is 0 Å². The Morgan fingerprint density at radius 1 is 1.14 bits per heavy atom. The molecule has 0 unspecified atom stereocenters. The van der Waals surface area contributed by atoms with Gasteiger partial charge < -0.3 is 15.1 Å². The highest BCUT2D eigenvalue weighted by Crippen LogP contribution is 2.25. The molecule has 4 nitrogen and oxygen atoms in total. The predicted molar refractivity (Wildman–Crippen MR) is 90.0 cm³/mol. The van der Waals surface area contributed by atoms with Gasteiger partial charge in [0.05, 0.1) is 0 Å². The molecule has 2 rings (SSSR count). The van der Waals surface area contributed by atoms with E-state index in [2.05, 4.69) is 54.9 Å². The van der Waals surface area contributed by atoms with Crippen LogP contribution in [0.1, 0.15) is 39.0 Å². The second-order valence-electron chi connectivity index (χ2n) is 6.92. The lowest BCUT2D eigenvalue weighted by atomic mass is 9.90. The van der Waals surface area contributed by atoms with Crippen LogP contribution in [0.4, 0.5) is 5.82 Å². The fraction of sp³-hybridized carbons (Fsp3) is 0.706. The lowest BCUT2D eigenvalue weighted by Crippen LogP contribution is -2.46. The number of nitrogens with one attached hydrogen (secondary N) is 1. The zero-order chi connectivity index (χ0) is 15.5. The van der Waals surface area contributed by atoms with E-state index in [0.29, 0.717) is 0 Å². The summed E-state index contributed by atoms with van der Waals surface area (Å²) in [6.07, 6.45) is 0. The van der Waals surface area contributed by atoms with Crippen molar-refractivity contribution >= 4 is 5.82 Å². The van der Waals surface area contributed by atoms with Gasteiger partial charge in [0.15, 0.2) is 0 Å². The summed E-state index contributed by atoms with van der Waals surface area (Å²) < 4.78 is 0. The Morgan fingerprint density at radius 2 is 1.81 bits per heavy atom. The molecule has 1 aliphatic rings. The summed E-state index contributed by atoms with van der Waals surface area (Å²) in [5, 5.41) is 3.25. The highest BCUT2D eigenvalue weighted by molar-refractivity contribution is 5.44. The molecular formula is C17H30N4. The summed E-state index contributed by atoms with van der Waals surface area (Å²) in [5.74, 6) is 1.14. The first-order chi connectivity index (χ1) is 9.94. The Kier molecular flexibility index (Phi) is 5.22. The van der Waals surface area contributed by atoms with Gasteiger partial charge in [0.2, 0.25) is 0 Å². The van der Waals surface area contributed by atoms with Gasteiger partial charge in [-0.1, -0.05) is 27.7 Å². The van der Waals surface area contributed by atoms with Crippen LogP contribution in [0.15, 0.2) is 12.1 Å². The molecule has 0 aromatic carbocycles. The first-order valence-electron chi connectivity index (χ1n) is 8.07. The molecule has 0 radical (unpaired) electrons. The number of hydrogen-bond donors (Lipinski definition) is 1. The maximum atomic E-state index is 4.94. The zero-order valence-corrected chi connectivity index (χ0v) is 14.2. The van der Waals surface area contributed by atoms with E-state index in [9.17, 15) is 0 Å². The molecule has 1 N–H and O–H groups in total. The molecule has 1 aromatic heterocycles. The van der Waals surface area contributed by atoms with E-state index in [1.807, 2.05) is 7.05 Å². The molecule has 118 valence electrons. The molecular weight excluding hydrogens is 260 g/mol.